The third-order valence-electron chi connectivity index (χ3n) is 4.50. The molecular weight excluding hydrogens is 406 g/mol. The van der Waals surface area contributed by atoms with Crippen LogP contribution in [-0.4, -0.2) is 36.9 Å². The van der Waals surface area contributed by atoms with Gasteiger partial charge in [-0.2, -0.15) is 4.31 Å². The average molecular weight is 428 g/mol. The van der Waals surface area contributed by atoms with Gasteiger partial charge in [-0.1, -0.05) is 66.4 Å². The summed E-state index contributed by atoms with van der Waals surface area (Å²) in [6.07, 6.45) is 0.0634. The predicted molar refractivity (Wildman–Crippen MR) is 114 cm³/mol. The first-order valence-electron chi connectivity index (χ1n) is 8.96. The average Bonchev–Trinajstić information content (AvgIpc) is 2.73. The molecule has 0 amide bonds. The Morgan fingerprint density at radius 1 is 0.931 bits per heavy atom. The molecule has 3 aromatic rings. The van der Waals surface area contributed by atoms with Crippen LogP contribution in [0, 0.1) is 0 Å². The molecule has 3 rings (SSSR count). The Bertz CT molecular complexity index is 1070. The van der Waals surface area contributed by atoms with Gasteiger partial charge in [0.15, 0.2) is 0 Å². The number of benzene rings is 3. The van der Waals surface area contributed by atoms with Crippen molar-refractivity contribution < 1.29 is 18.3 Å². The standard InChI is InChI=1S/C22H21NO4S2/c1-23(29(26,27)19-13-6-3-7-14-19)20(22(24)25)16-17-10-8-9-15-21(17)28-18-11-4-2-5-12-18/h2-15,20H,16H2,1H3,(H,24,25)/t20-/m1/s1. The summed E-state index contributed by atoms with van der Waals surface area (Å²) in [5.74, 6) is -1.19. The number of nitrogens with zero attached hydrogens (tertiary/aromatic N) is 1. The molecule has 0 fully saturated rings. The Kier molecular flexibility index (Phi) is 6.74. The van der Waals surface area contributed by atoms with Crippen molar-refractivity contribution in [2.75, 3.05) is 7.05 Å². The Morgan fingerprint density at radius 2 is 1.48 bits per heavy atom. The minimum atomic E-state index is -3.93. The highest BCUT2D eigenvalue weighted by atomic mass is 32.2. The summed E-state index contributed by atoms with van der Waals surface area (Å²) >= 11 is 1.52. The summed E-state index contributed by atoms with van der Waals surface area (Å²) in [6, 6.07) is 23.9. The zero-order valence-electron chi connectivity index (χ0n) is 15.8. The number of sulfonamides is 1. The molecule has 0 spiro atoms. The number of hydrogen-bond acceptors (Lipinski definition) is 4. The highest BCUT2D eigenvalue weighted by molar-refractivity contribution is 7.99. The van der Waals surface area contributed by atoms with Crippen molar-refractivity contribution in [1.82, 2.24) is 4.31 Å². The number of rotatable bonds is 8. The maximum Gasteiger partial charge on any atom is 0.322 e. The van der Waals surface area contributed by atoms with Gasteiger partial charge >= 0.3 is 5.97 Å². The Labute approximate surface area is 175 Å². The molecule has 0 bridgehead atoms. The number of carbonyl (C=O) groups is 1. The predicted octanol–water partition coefficient (Wildman–Crippen LogP) is 4.15. The second-order valence-corrected chi connectivity index (χ2v) is 9.53. The Balaban J connectivity index is 1.89. The van der Waals surface area contributed by atoms with Crippen LogP contribution in [0.2, 0.25) is 0 Å². The smallest absolute Gasteiger partial charge is 0.322 e. The van der Waals surface area contributed by atoms with Gasteiger partial charge in [0.05, 0.1) is 4.90 Å². The zero-order chi connectivity index (χ0) is 20.9. The van der Waals surface area contributed by atoms with Crippen LogP contribution >= 0.6 is 11.8 Å². The summed E-state index contributed by atoms with van der Waals surface area (Å²) in [5, 5.41) is 9.78. The summed E-state index contributed by atoms with van der Waals surface area (Å²) in [4.78, 5) is 14.0. The topological polar surface area (TPSA) is 74.7 Å². The minimum absolute atomic E-state index is 0.0634. The first-order valence-corrected chi connectivity index (χ1v) is 11.2. The lowest BCUT2D eigenvalue weighted by atomic mass is 10.1. The normalized spacial score (nSPS) is 12.6. The maximum absolute atomic E-state index is 12.9. The van der Waals surface area contributed by atoms with Gasteiger partial charge in [-0.3, -0.25) is 4.79 Å². The first-order chi connectivity index (χ1) is 13.9. The van der Waals surface area contributed by atoms with E-state index in [0.29, 0.717) is 0 Å². The van der Waals surface area contributed by atoms with E-state index in [4.69, 9.17) is 0 Å². The van der Waals surface area contributed by atoms with Gasteiger partial charge in [-0.05, 0) is 35.9 Å². The van der Waals surface area contributed by atoms with Crippen molar-refractivity contribution in [1.29, 1.82) is 0 Å². The van der Waals surface area contributed by atoms with Crippen LogP contribution in [0.15, 0.2) is 99.6 Å². The summed E-state index contributed by atoms with van der Waals surface area (Å²) in [5.41, 5.74) is 0.781. The van der Waals surface area contributed by atoms with E-state index in [1.165, 1.54) is 30.9 Å². The summed E-state index contributed by atoms with van der Waals surface area (Å²) < 4.78 is 26.7. The largest absolute Gasteiger partial charge is 0.480 e. The minimum Gasteiger partial charge on any atom is -0.480 e. The van der Waals surface area contributed by atoms with Crippen molar-refractivity contribution in [2.24, 2.45) is 0 Å². The number of likely N-dealkylation sites (N-methyl/N-ethyl adjacent to an activating group) is 1. The molecule has 0 saturated carbocycles. The number of carboxylic acids is 1. The van der Waals surface area contributed by atoms with Crippen LogP contribution in [0.1, 0.15) is 5.56 Å². The Hall–Kier alpha value is -2.61. The van der Waals surface area contributed by atoms with Crippen LogP contribution in [-0.2, 0) is 21.2 Å². The van der Waals surface area contributed by atoms with Crippen molar-refractivity contribution in [3.05, 3.63) is 90.5 Å². The van der Waals surface area contributed by atoms with Crippen molar-refractivity contribution in [2.45, 2.75) is 27.1 Å². The zero-order valence-corrected chi connectivity index (χ0v) is 17.4. The van der Waals surface area contributed by atoms with Crippen LogP contribution in [0.25, 0.3) is 0 Å². The molecule has 0 radical (unpaired) electrons. The molecule has 0 aliphatic carbocycles. The highest BCUT2D eigenvalue weighted by Crippen LogP contribution is 2.31. The fourth-order valence-electron chi connectivity index (χ4n) is 2.89. The third kappa shape index (κ3) is 5.06. The van der Waals surface area contributed by atoms with E-state index < -0.39 is 22.0 Å². The van der Waals surface area contributed by atoms with E-state index in [1.807, 2.05) is 54.6 Å². The van der Waals surface area contributed by atoms with Gasteiger partial charge in [-0.25, -0.2) is 8.42 Å². The molecular formula is C22H21NO4S2. The lowest BCUT2D eigenvalue weighted by molar-refractivity contribution is -0.141. The molecule has 0 aliphatic rings. The Morgan fingerprint density at radius 3 is 2.10 bits per heavy atom. The van der Waals surface area contributed by atoms with E-state index >= 15 is 0 Å². The van der Waals surface area contributed by atoms with Gasteiger partial charge < -0.3 is 5.11 Å². The van der Waals surface area contributed by atoms with Gasteiger partial charge in [0.1, 0.15) is 6.04 Å². The molecule has 150 valence electrons. The number of carboxylic acid groups (broad SMARTS) is 1. The van der Waals surface area contributed by atoms with E-state index in [1.54, 1.807) is 18.2 Å². The molecule has 5 nitrogen and oxygen atoms in total. The molecule has 0 heterocycles. The highest BCUT2D eigenvalue weighted by Gasteiger charge is 2.33. The first kappa shape index (κ1) is 21.1. The summed E-state index contributed by atoms with van der Waals surface area (Å²) in [6.45, 7) is 0. The monoisotopic (exact) mass is 427 g/mol. The second kappa shape index (κ2) is 9.26. The second-order valence-electron chi connectivity index (χ2n) is 6.42. The molecule has 0 saturated heterocycles. The van der Waals surface area contributed by atoms with Crippen molar-refractivity contribution in [3.8, 4) is 0 Å². The lowest BCUT2D eigenvalue weighted by Gasteiger charge is -2.25. The number of hydrogen-bond donors (Lipinski definition) is 1. The molecule has 7 heteroatoms. The molecule has 3 aromatic carbocycles. The van der Waals surface area contributed by atoms with E-state index in [-0.39, 0.29) is 11.3 Å². The fourth-order valence-corrected chi connectivity index (χ4v) is 5.20. The lowest BCUT2D eigenvalue weighted by Crippen LogP contribution is -2.43. The van der Waals surface area contributed by atoms with Crippen molar-refractivity contribution >= 4 is 27.8 Å². The SMILES string of the molecule is CN([C@H](Cc1ccccc1Sc1ccccc1)C(=O)O)S(=O)(=O)c1ccccc1. The molecule has 1 N–H and O–H groups in total. The van der Waals surface area contributed by atoms with E-state index in [9.17, 15) is 18.3 Å². The van der Waals surface area contributed by atoms with Gasteiger partial charge in [0.25, 0.3) is 0 Å². The van der Waals surface area contributed by atoms with Crippen molar-refractivity contribution in [3.63, 3.8) is 0 Å². The van der Waals surface area contributed by atoms with Crippen LogP contribution in [0.5, 0.6) is 0 Å². The van der Waals surface area contributed by atoms with E-state index in [0.717, 1.165) is 19.7 Å². The molecule has 0 aromatic heterocycles. The van der Waals surface area contributed by atoms with Crippen LogP contribution in [0.3, 0.4) is 0 Å². The maximum atomic E-state index is 12.9. The van der Waals surface area contributed by atoms with Crippen LogP contribution < -0.4 is 0 Å². The summed E-state index contributed by atoms with van der Waals surface area (Å²) in [7, 11) is -2.62. The van der Waals surface area contributed by atoms with Crippen LogP contribution in [0.4, 0.5) is 0 Å². The van der Waals surface area contributed by atoms with Gasteiger partial charge in [-0.15, -0.1) is 0 Å². The van der Waals surface area contributed by atoms with Gasteiger partial charge in [0.2, 0.25) is 10.0 Å². The fraction of sp³-hybridized carbons (Fsp3) is 0.136. The molecule has 0 aliphatic heterocycles. The van der Waals surface area contributed by atoms with E-state index in [2.05, 4.69) is 0 Å². The number of aliphatic carboxylic acids is 1. The molecule has 29 heavy (non-hydrogen) atoms. The molecule has 0 unspecified atom stereocenters. The quantitative estimate of drug-likeness (QED) is 0.584. The third-order valence-corrected chi connectivity index (χ3v) is 7.51. The molecule has 1 atom stereocenters. The van der Waals surface area contributed by atoms with Gasteiger partial charge in [0, 0.05) is 23.3 Å².